The van der Waals surface area contributed by atoms with Crippen LogP contribution in [-0.2, 0) is 6.54 Å². The normalized spacial score (nSPS) is 10.9. The van der Waals surface area contributed by atoms with Crippen LogP contribution >= 0.6 is 11.6 Å². The van der Waals surface area contributed by atoms with E-state index < -0.39 is 0 Å². The van der Waals surface area contributed by atoms with E-state index in [1.165, 1.54) is 0 Å². The Morgan fingerprint density at radius 1 is 1.06 bits per heavy atom. The first kappa shape index (κ1) is 11.1. The van der Waals surface area contributed by atoms with Crippen molar-refractivity contribution in [3.63, 3.8) is 0 Å². The van der Waals surface area contributed by atoms with Crippen molar-refractivity contribution in [3.8, 4) is 0 Å². The van der Waals surface area contributed by atoms with Gasteiger partial charge in [-0.2, -0.15) is 0 Å². The second kappa shape index (κ2) is 4.35. The fourth-order valence-corrected chi connectivity index (χ4v) is 2.17. The topological polar surface area (TPSA) is 37.8 Å². The van der Waals surface area contributed by atoms with E-state index in [2.05, 4.69) is 5.10 Å². The van der Waals surface area contributed by atoms with Gasteiger partial charge < -0.3 is 0 Å². The van der Waals surface area contributed by atoms with Gasteiger partial charge in [0.2, 0.25) is 0 Å². The van der Waals surface area contributed by atoms with Crippen LogP contribution in [0.15, 0.2) is 53.3 Å². The number of H-pyrrole nitrogens is 1. The summed E-state index contributed by atoms with van der Waals surface area (Å²) >= 11 is 5.85. The van der Waals surface area contributed by atoms with Crippen molar-refractivity contribution >= 4 is 22.5 Å². The molecule has 3 aromatic rings. The Balaban J connectivity index is 2.05. The van der Waals surface area contributed by atoms with Crippen molar-refractivity contribution in [2.24, 2.45) is 0 Å². The van der Waals surface area contributed by atoms with Gasteiger partial charge in [-0.15, -0.1) is 0 Å². The summed E-state index contributed by atoms with van der Waals surface area (Å²) in [5, 5.41) is 4.27. The number of nitrogens with one attached hydrogen (secondary N) is 1. The van der Waals surface area contributed by atoms with Crippen LogP contribution in [0.25, 0.3) is 10.9 Å². The molecule has 0 aliphatic rings. The second-order valence-electron chi connectivity index (χ2n) is 4.17. The molecule has 0 unspecified atom stereocenters. The average molecular weight is 259 g/mol. The molecule has 18 heavy (non-hydrogen) atoms. The highest BCUT2D eigenvalue weighted by Crippen LogP contribution is 2.13. The standard InChI is InChI=1S/C14H11ClN2O/c15-11-7-5-10(6-8-11)9-17-13-4-2-1-3-12(13)14(18)16-17/h1-8H,9H2,(H,16,18). The van der Waals surface area contributed by atoms with Crippen molar-refractivity contribution < 1.29 is 0 Å². The van der Waals surface area contributed by atoms with Crippen molar-refractivity contribution in [1.82, 2.24) is 9.78 Å². The minimum Gasteiger partial charge on any atom is -0.280 e. The molecule has 0 saturated heterocycles. The monoisotopic (exact) mass is 258 g/mol. The first-order valence-electron chi connectivity index (χ1n) is 5.66. The number of rotatable bonds is 2. The SMILES string of the molecule is O=c1[nH]n(Cc2ccc(Cl)cc2)c2ccccc12. The molecule has 0 radical (unpaired) electrons. The molecule has 0 amide bonds. The predicted molar refractivity (Wildman–Crippen MR) is 73.1 cm³/mol. The van der Waals surface area contributed by atoms with Gasteiger partial charge in [0.25, 0.3) is 5.56 Å². The van der Waals surface area contributed by atoms with Gasteiger partial charge in [-0.3, -0.25) is 14.6 Å². The maximum Gasteiger partial charge on any atom is 0.271 e. The Hall–Kier alpha value is -2.00. The number of fused-ring (bicyclic) bond motifs is 1. The molecule has 0 bridgehead atoms. The number of aromatic amines is 1. The Labute approximate surface area is 109 Å². The lowest BCUT2D eigenvalue weighted by Crippen LogP contribution is -2.06. The summed E-state index contributed by atoms with van der Waals surface area (Å²) < 4.78 is 1.85. The predicted octanol–water partition coefficient (Wildman–Crippen LogP) is 3.03. The van der Waals surface area contributed by atoms with Gasteiger partial charge in [0.05, 0.1) is 17.4 Å². The maximum absolute atomic E-state index is 11.7. The number of para-hydroxylation sites is 1. The lowest BCUT2D eigenvalue weighted by atomic mass is 10.2. The lowest BCUT2D eigenvalue weighted by Gasteiger charge is -2.04. The third-order valence-electron chi connectivity index (χ3n) is 2.93. The van der Waals surface area contributed by atoms with Gasteiger partial charge in [-0.05, 0) is 29.8 Å². The molecule has 4 heteroatoms. The molecule has 0 aliphatic carbocycles. The van der Waals surface area contributed by atoms with Crippen molar-refractivity contribution in [3.05, 3.63) is 69.5 Å². The third-order valence-corrected chi connectivity index (χ3v) is 3.18. The molecule has 2 aromatic carbocycles. The average Bonchev–Trinajstić information content (AvgIpc) is 2.70. The lowest BCUT2D eigenvalue weighted by molar-refractivity contribution is 0.703. The molecule has 90 valence electrons. The zero-order chi connectivity index (χ0) is 12.5. The maximum atomic E-state index is 11.7. The quantitative estimate of drug-likeness (QED) is 0.754. The molecule has 3 rings (SSSR count). The fourth-order valence-electron chi connectivity index (χ4n) is 2.04. The zero-order valence-corrected chi connectivity index (χ0v) is 10.3. The van der Waals surface area contributed by atoms with Crippen LogP contribution < -0.4 is 5.56 Å². The number of nitrogens with zero attached hydrogens (tertiary/aromatic N) is 1. The van der Waals surface area contributed by atoms with Crippen LogP contribution in [0, 0.1) is 0 Å². The van der Waals surface area contributed by atoms with E-state index in [4.69, 9.17) is 11.6 Å². The van der Waals surface area contributed by atoms with E-state index in [1.54, 1.807) is 0 Å². The molecular formula is C14H11ClN2O. The second-order valence-corrected chi connectivity index (χ2v) is 4.61. The van der Waals surface area contributed by atoms with Gasteiger partial charge in [-0.25, -0.2) is 0 Å². The Morgan fingerprint density at radius 2 is 1.78 bits per heavy atom. The number of aromatic nitrogens is 2. The van der Waals surface area contributed by atoms with Crippen LogP contribution in [-0.4, -0.2) is 9.78 Å². The molecule has 0 atom stereocenters. The van der Waals surface area contributed by atoms with E-state index in [-0.39, 0.29) is 5.56 Å². The fraction of sp³-hybridized carbons (Fsp3) is 0.0714. The first-order valence-corrected chi connectivity index (χ1v) is 6.04. The smallest absolute Gasteiger partial charge is 0.271 e. The largest absolute Gasteiger partial charge is 0.280 e. The molecule has 0 aliphatic heterocycles. The molecule has 1 N–H and O–H groups in total. The van der Waals surface area contributed by atoms with E-state index >= 15 is 0 Å². The summed E-state index contributed by atoms with van der Waals surface area (Å²) in [6.07, 6.45) is 0. The van der Waals surface area contributed by atoms with Crippen molar-refractivity contribution in [2.75, 3.05) is 0 Å². The summed E-state index contributed by atoms with van der Waals surface area (Å²) in [6.45, 7) is 0.625. The molecule has 1 aromatic heterocycles. The first-order chi connectivity index (χ1) is 8.74. The minimum absolute atomic E-state index is 0.0560. The van der Waals surface area contributed by atoms with E-state index in [9.17, 15) is 4.79 Å². The van der Waals surface area contributed by atoms with Gasteiger partial charge in [0.15, 0.2) is 0 Å². The summed E-state index contributed by atoms with van der Waals surface area (Å²) in [5.74, 6) is 0. The highest BCUT2D eigenvalue weighted by Gasteiger charge is 2.05. The molecular weight excluding hydrogens is 248 g/mol. The van der Waals surface area contributed by atoms with Crippen LogP contribution in [0.2, 0.25) is 5.02 Å². The van der Waals surface area contributed by atoms with Crippen LogP contribution in [0.4, 0.5) is 0 Å². The van der Waals surface area contributed by atoms with E-state index in [0.717, 1.165) is 11.1 Å². The third kappa shape index (κ3) is 1.93. The van der Waals surface area contributed by atoms with Crippen molar-refractivity contribution in [1.29, 1.82) is 0 Å². The summed E-state index contributed by atoms with van der Waals surface area (Å²) in [7, 11) is 0. The van der Waals surface area contributed by atoms with E-state index in [1.807, 2.05) is 53.2 Å². The van der Waals surface area contributed by atoms with Crippen molar-refractivity contribution in [2.45, 2.75) is 6.54 Å². The Morgan fingerprint density at radius 3 is 2.56 bits per heavy atom. The molecule has 1 heterocycles. The summed E-state index contributed by atoms with van der Waals surface area (Å²) in [6, 6.07) is 15.2. The highest BCUT2D eigenvalue weighted by molar-refractivity contribution is 6.30. The van der Waals surface area contributed by atoms with Gasteiger partial charge in [0, 0.05) is 5.02 Å². The van der Waals surface area contributed by atoms with Gasteiger partial charge in [-0.1, -0.05) is 35.9 Å². The molecule has 0 spiro atoms. The molecule has 0 saturated carbocycles. The number of benzene rings is 2. The summed E-state index contributed by atoms with van der Waals surface area (Å²) in [4.78, 5) is 11.7. The minimum atomic E-state index is -0.0560. The van der Waals surface area contributed by atoms with Gasteiger partial charge >= 0.3 is 0 Å². The highest BCUT2D eigenvalue weighted by atomic mass is 35.5. The van der Waals surface area contributed by atoms with Gasteiger partial charge in [0.1, 0.15) is 0 Å². The van der Waals surface area contributed by atoms with E-state index in [0.29, 0.717) is 17.0 Å². The Bertz CT molecular complexity index is 740. The number of hydrogen-bond acceptors (Lipinski definition) is 1. The van der Waals surface area contributed by atoms with Crippen LogP contribution in [0.1, 0.15) is 5.56 Å². The van der Waals surface area contributed by atoms with Crippen LogP contribution in [0.3, 0.4) is 0 Å². The number of halogens is 1. The molecule has 3 nitrogen and oxygen atoms in total. The van der Waals surface area contributed by atoms with Crippen LogP contribution in [0.5, 0.6) is 0 Å². The Kier molecular flexibility index (Phi) is 2.68. The summed E-state index contributed by atoms with van der Waals surface area (Å²) in [5.41, 5.74) is 1.95. The number of hydrogen-bond donors (Lipinski definition) is 1. The zero-order valence-electron chi connectivity index (χ0n) is 9.56. The molecule has 0 fully saturated rings.